The Morgan fingerprint density at radius 1 is 1.42 bits per heavy atom. The molecule has 5 nitrogen and oxygen atoms in total. The molecule has 0 atom stereocenters. The average Bonchev–Trinajstić information content (AvgIpc) is 2.50. The zero-order chi connectivity index (χ0) is 17.5. The highest BCUT2D eigenvalue weighted by Crippen LogP contribution is 2.29. The minimum atomic E-state index is -0.304. The monoisotopic (exact) mass is 348 g/mol. The fourth-order valence-corrected chi connectivity index (χ4v) is 2.25. The summed E-state index contributed by atoms with van der Waals surface area (Å²) in [7, 11) is 0. The largest absolute Gasteiger partial charge is 0.460 e. The van der Waals surface area contributed by atoms with Crippen molar-refractivity contribution in [2.45, 2.75) is 20.3 Å². The van der Waals surface area contributed by atoms with Crippen molar-refractivity contribution in [1.29, 1.82) is 0 Å². The zero-order valence-corrected chi connectivity index (χ0v) is 14.5. The molecule has 0 unspecified atom stereocenters. The van der Waals surface area contributed by atoms with Gasteiger partial charge in [-0.2, -0.15) is 0 Å². The lowest BCUT2D eigenvalue weighted by atomic mass is 10.1. The number of hydrogen-bond donors (Lipinski definition) is 1. The molecule has 0 radical (unpaired) electrons. The van der Waals surface area contributed by atoms with Gasteiger partial charge in [0.1, 0.15) is 18.1 Å². The standard InChI is InChI=1S/C18H21ClN2O3/c1-12(2)10-23-11-18(22)21-14-4-3-5-15(9-14)24-17-7-6-13(20)8-16(17)19/h3-8,12H,9-11,20H2,1-2H3. The normalized spacial score (nSPS) is 15.7. The molecule has 0 fully saturated rings. The Morgan fingerprint density at radius 2 is 2.21 bits per heavy atom. The Bertz CT molecular complexity index is 694. The Balaban J connectivity index is 1.94. The van der Waals surface area contributed by atoms with Gasteiger partial charge < -0.3 is 15.2 Å². The second-order valence-electron chi connectivity index (χ2n) is 5.87. The fraction of sp³-hybridized carbons (Fsp3) is 0.333. The van der Waals surface area contributed by atoms with Gasteiger partial charge in [-0.25, -0.2) is 4.99 Å². The molecule has 128 valence electrons. The maximum Gasteiger partial charge on any atom is 0.271 e. The van der Waals surface area contributed by atoms with Crippen LogP contribution in [-0.4, -0.2) is 24.8 Å². The van der Waals surface area contributed by atoms with Crippen LogP contribution in [0.3, 0.4) is 0 Å². The van der Waals surface area contributed by atoms with Gasteiger partial charge in [0.15, 0.2) is 0 Å². The first-order chi connectivity index (χ1) is 11.4. The molecule has 0 aliphatic heterocycles. The van der Waals surface area contributed by atoms with Gasteiger partial charge in [-0.3, -0.25) is 4.79 Å². The number of allylic oxidation sites excluding steroid dienone is 4. The molecule has 0 heterocycles. The molecule has 0 saturated carbocycles. The molecular formula is C18H21ClN2O3. The van der Waals surface area contributed by atoms with Crippen molar-refractivity contribution in [2.24, 2.45) is 10.9 Å². The van der Waals surface area contributed by atoms with Crippen LogP contribution in [0.4, 0.5) is 5.69 Å². The molecule has 6 heteroatoms. The van der Waals surface area contributed by atoms with Crippen LogP contribution in [0.15, 0.2) is 47.2 Å². The van der Waals surface area contributed by atoms with Crippen LogP contribution in [0.25, 0.3) is 0 Å². The second kappa shape index (κ2) is 8.66. The van der Waals surface area contributed by atoms with Crippen molar-refractivity contribution in [2.75, 3.05) is 18.9 Å². The van der Waals surface area contributed by atoms with E-state index in [2.05, 4.69) is 4.99 Å². The number of rotatable bonds is 6. The third kappa shape index (κ3) is 5.83. The molecule has 0 saturated heterocycles. The van der Waals surface area contributed by atoms with Crippen LogP contribution in [0, 0.1) is 5.92 Å². The molecule has 2 N–H and O–H groups in total. The summed E-state index contributed by atoms with van der Waals surface area (Å²) in [5.74, 6) is 1.24. The van der Waals surface area contributed by atoms with Crippen molar-refractivity contribution in [3.05, 3.63) is 47.2 Å². The summed E-state index contributed by atoms with van der Waals surface area (Å²) in [5, 5.41) is 0.433. The number of amides is 1. The number of nitrogen functional groups attached to an aromatic ring is 1. The van der Waals surface area contributed by atoms with Crippen molar-refractivity contribution in [3.63, 3.8) is 0 Å². The first kappa shape index (κ1) is 18.2. The van der Waals surface area contributed by atoms with E-state index in [0.29, 0.717) is 46.9 Å². The lowest BCUT2D eigenvalue weighted by molar-refractivity contribution is -0.122. The first-order valence-corrected chi connectivity index (χ1v) is 8.10. The van der Waals surface area contributed by atoms with Gasteiger partial charge in [-0.05, 0) is 36.3 Å². The molecular weight excluding hydrogens is 328 g/mol. The summed E-state index contributed by atoms with van der Waals surface area (Å²) in [6.45, 7) is 4.57. The topological polar surface area (TPSA) is 73.9 Å². The zero-order valence-electron chi connectivity index (χ0n) is 13.8. The van der Waals surface area contributed by atoms with E-state index in [4.69, 9.17) is 26.8 Å². The van der Waals surface area contributed by atoms with Gasteiger partial charge >= 0.3 is 0 Å². The molecule has 0 aromatic heterocycles. The fourth-order valence-electron chi connectivity index (χ4n) is 2.03. The highest BCUT2D eigenvalue weighted by Gasteiger charge is 2.12. The number of carbonyl (C=O) groups is 1. The summed E-state index contributed by atoms with van der Waals surface area (Å²) in [6.07, 6.45) is 5.78. The summed E-state index contributed by atoms with van der Waals surface area (Å²) in [4.78, 5) is 15.9. The highest BCUT2D eigenvalue weighted by molar-refractivity contribution is 6.32. The average molecular weight is 349 g/mol. The Kier molecular flexibility index (Phi) is 6.58. The minimum absolute atomic E-state index is 0.0147. The van der Waals surface area contributed by atoms with E-state index in [1.165, 1.54) is 0 Å². The van der Waals surface area contributed by atoms with Crippen molar-refractivity contribution < 1.29 is 14.3 Å². The molecule has 1 aliphatic rings. The van der Waals surface area contributed by atoms with E-state index in [9.17, 15) is 4.79 Å². The lowest BCUT2D eigenvalue weighted by Gasteiger charge is -2.14. The van der Waals surface area contributed by atoms with Gasteiger partial charge in [0.25, 0.3) is 5.91 Å². The van der Waals surface area contributed by atoms with Gasteiger partial charge in [0.2, 0.25) is 0 Å². The highest BCUT2D eigenvalue weighted by atomic mass is 35.5. The first-order valence-electron chi connectivity index (χ1n) is 7.72. The van der Waals surface area contributed by atoms with Crippen LogP contribution in [0.5, 0.6) is 5.75 Å². The van der Waals surface area contributed by atoms with Crippen molar-refractivity contribution >= 4 is 28.9 Å². The predicted octanol–water partition coefficient (Wildman–Crippen LogP) is 3.79. The lowest BCUT2D eigenvalue weighted by Crippen LogP contribution is -2.13. The Labute approximate surface area is 146 Å². The second-order valence-corrected chi connectivity index (χ2v) is 6.27. The summed E-state index contributed by atoms with van der Waals surface area (Å²) >= 11 is 6.10. The maximum absolute atomic E-state index is 11.8. The van der Waals surface area contributed by atoms with E-state index in [1.54, 1.807) is 30.4 Å². The molecule has 1 aromatic carbocycles. The van der Waals surface area contributed by atoms with Gasteiger partial charge in [0, 0.05) is 18.7 Å². The Morgan fingerprint density at radius 3 is 2.92 bits per heavy atom. The van der Waals surface area contributed by atoms with Crippen molar-refractivity contribution in [1.82, 2.24) is 0 Å². The number of nitrogens with zero attached hydrogens (tertiary/aromatic N) is 1. The number of carbonyl (C=O) groups excluding carboxylic acids is 1. The minimum Gasteiger partial charge on any atom is -0.460 e. The number of anilines is 1. The molecule has 0 bridgehead atoms. The van der Waals surface area contributed by atoms with Gasteiger partial charge in [-0.1, -0.05) is 31.5 Å². The van der Waals surface area contributed by atoms with Crippen LogP contribution >= 0.6 is 11.6 Å². The number of nitrogens with two attached hydrogens (primary N) is 1. The molecule has 1 aromatic rings. The number of hydrogen-bond acceptors (Lipinski definition) is 4. The van der Waals surface area contributed by atoms with Gasteiger partial charge in [-0.15, -0.1) is 0 Å². The third-order valence-electron chi connectivity index (χ3n) is 3.07. The smallest absolute Gasteiger partial charge is 0.271 e. The number of halogens is 1. The predicted molar refractivity (Wildman–Crippen MR) is 96.4 cm³/mol. The molecule has 2 rings (SSSR count). The number of benzene rings is 1. The van der Waals surface area contributed by atoms with E-state index in [0.717, 1.165) is 0 Å². The van der Waals surface area contributed by atoms with Crippen LogP contribution < -0.4 is 10.5 Å². The molecule has 1 aliphatic carbocycles. The molecule has 0 spiro atoms. The quantitative estimate of drug-likeness (QED) is 0.794. The van der Waals surface area contributed by atoms with E-state index in [1.807, 2.05) is 19.9 Å². The van der Waals surface area contributed by atoms with E-state index >= 15 is 0 Å². The summed E-state index contributed by atoms with van der Waals surface area (Å²) in [5.41, 5.74) is 6.85. The Hall–Kier alpha value is -2.11. The van der Waals surface area contributed by atoms with Crippen LogP contribution in [0.2, 0.25) is 5.02 Å². The summed E-state index contributed by atoms with van der Waals surface area (Å²) in [6, 6.07) is 5.05. The van der Waals surface area contributed by atoms with E-state index < -0.39 is 0 Å². The molecule has 24 heavy (non-hydrogen) atoms. The maximum atomic E-state index is 11.8. The van der Waals surface area contributed by atoms with Crippen molar-refractivity contribution in [3.8, 4) is 5.75 Å². The number of aliphatic imine (C=N–C) groups is 1. The van der Waals surface area contributed by atoms with Crippen LogP contribution in [0.1, 0.15) is 20.3 Å². The van der Waals surface area contributed by atoms with Gasteiger partial charge in [0.05, 0.1) is 10.7 Å². The van der Waals surface area contributed by atoms with E-state index in [-0.39, 0.29) is 12.5 Å². The SMILES string of the molecule is CC(C)COCC(=O)N=C1C=CC=C(Oc2ccc(N)cc2Cl)C1. The number of ether oxygens (including phenoxy) is 2. The molecule has 1 amide bonds. The van der Waals surface area contributed by atoms with Crippen LogP contribution in [-0.2, 0) is 9.53 Å². The third-order valence-corrected chi connectivity index (χ3v) is 3.36. The summed E-state index contributed by atoms with van der Waals surface area (Å²) < 4.78 is 11.1.